The third kappa shape index (κ3) is 2.14. The Bertz CT molecular complexity index is 511. The lowest BCUT2D eigenvalue weighted by Crippen LogP contribution is -2.12. The van der Waals surface area contributed by atoms with Gasteiger partial charge in [-0.3, -0.25) is 9.89 Å². The zero-order valence-electron chi connectivity index (χ0n) is 8.07. The minimum Gasteiger partial charge on any atom is -0.508 e. The molecule has 5 nitrogen and oxygen atoms in total. The van der Waals surface area contributed by atoms with Crippen LogP contribution in [0.2, 0.25) is 5.02 Å². The smallest absolute Gasteiger partial charge is 0.273 e. The van der Waals surface area contributed by atoms with Crippen molar-refractivity contribution in [2.24, 2.45) is 0 Å². The number of hydrogen-bond donors (Lipinski definition) is 3. The molecule has 0 radical (unpaired) electrons. The van der Waals surface area contributed by atoms with Crippen LogP contribution in [-0.4, -0.2) is 21.2 Å². The van der Waals surface area contributed by atoms with Crippen molar-refractivity contribution < 1.29 is 9.90 Å². The van der Waals surface area contributed by atoms with Gasteiger partial charge >= 0.3 is 0 Å². The summed E-state index contributed by atoms with van der Waals surface area (Å²) in [6, 6.07) is 5.86. The Morgan fingerprint density at radius 3 is 2.88 bits per heavy atom. The third-order valence-corrected chi connectivity index (χ3v) is 2.26. The van der Waals surface area contributed by atoms with Crippen molar-refractivity contribution in [1.82, 2.24) is 10.2 Å². The molecule has 1 amide bonds. The molecule has 0 bridgehead atoms. The number of carbonyl (C=O) groups excluding carboxylic acids is 1. The number of H-pyrrole nitrogens is 1. The van der Waals surface area contributed by atoms with Crippen LogP contribution in [0.25, 0.3) is 0 Å². The summed E-state index contributed by atoms with van der Waals surface area (Å²) >= 11 is 5.83. The maximum atomic E-state index is 11.6. The average molecular weight is 238 g/mol. The molecular formula is C10H8ClN3O2. The van der Waals surface area contributed by atoms with Crippen molar-refractivity contribution >= 4 is 23.2 Å². The zero-order valence-corrected chi connectivity index (χ0v) is 8.82. The van der Waals surface area contributed by atoms with Crippen LogP contribution in [0.4, 0.5) is 5.69 Å². The molecule has 0 atom stereocenters. The Labute approximate surface area is 96.1 Å². The molecule has 0 saturated heterocycles. The molecule has 1 aromatic heterocycles. The fraction of sp³-hybridized carbons (Fsp3) is 0. The number of aromatic amines is 1. The number of rotatable bonds is 2. The molecule has 82 valence electrons. The maximum absolute atomic E-state index is 11.6. The highest BCUT2D eigenvalue weighted by atomic mass is 35.5. The molecule has 0 aliphatic heterocycles. The highest BCUT2D eigenvalue weighted by molar-refractivity contribution is 6.34. The van der Waals surface area contributed by atoms with E-state index >= 15 is 0 Å². The number of anilines is 1. The van der Waals surface area contributed by atoms with Crippen LogP contribution < -0.4 is 5.32 Å². The molecule has 2 aromatic rings. The van der Waals surface area contributed by atoms with Gasteiger partial charge in [0.25, 0.3) is 5.91 Å². The normalized spacial score (nSPS) is 10.1. The standard InChI is InChI=1S/C10H8ClN3O2/c11-7-5-6(15)1-2-8(7)13-10(16)9-3-4-12-14-9/h1-5,15H,(H,12,14)(H,13,16). The summed E-state index contributed by atoms with van der Waals surface area (Å²) in [7, 11) is 0. The Balaban J connectivity index is 2.18. The van der Waals surface area contributed by atoms with Gasteiger partial charge < -0.3 is 10.4 Å². The van der Waals surface area contributed by atoms with Gasteiger partial charge in [-0.15, -0.1) is 0 Å². The van der Waals surface area contributed by atoms with Crippen LogP contribution in [0.5, 0.6) is 5.75 Å². The molecule has 2 rings (SSSR count). The van der Waals surface area contributed by atoms with Crippen molar-refractivity contribution in [2.75, 3.05) is 5.32 Å². The van der Waals surface area contributed by atoms with Gasteiger partial charge in [-0.05, 0) is 18.2 Å². The number of halogens is 1. The summed E-state index contributed by atoms with van der Waals surface area (Å²) in [6.07, 6.45) is 1.48. The van der Waals surface area contributed by atoms with Crippen molar-refractivity contribution in [2.45, 2.75) is 0 Å². The lowest BCUT2D eigenvalue weighted by atomic mass is 10.3. The minimum absolute atomic E-state index is 0.0459. The van der Waals surface area contributed by atoms with E-state index in [1.165, 1.54) is 24.4 Å². The van der Waals surface area contributed by atoms with Gasteiger partial charge in [0.2, 0.25) is 0 Å². The van der Waals surface area contributed by atoms with E-state index in [1.54, 1.807) is 6.07 Å². The van der Waals surface area contributed by atoms with E-state index in [0.29, 0.717) is 11.4 Å². The molecule has 0 saturated carbocycles. The highest BCUT2D eigenvalue weighted by Crippen LogP contribution is 2.26. The largest absolute Gasteiger partial charge is 0.508 e. The second-order valence-corrected chi connectivity index (χ2v) is 3.50. The van der Waals surface area contributed by atoms with E-state index < -0.39 is 0 Å². The first-order chi connectivity index (χ1) is 7.66. The van der Waals surface area contributed by atoms with Gasteiger partial charge in [0, 0.05) is 12.3 Å². The number of hydrogen-bond acceptors (Lipinski definition) is 3. The minimum atomic E-state index is -0.343. The lowest BCUT2D eigenvalue weighted by molar-refractivity contribution is 0.102. The number of aromatic nitrogens is 2. The first-order valence-corrected chi connectivity index (χ1v) is 4.84. The number of nitrogens with one attached hydrogen (secondary N) is 2. The van der Waals surface area contributed by atoms with Crippen LogP contribution in [-0.2, 0) is 0 Å². The molecule has 0 aliphatic rings. The van der Waals surface area contributed by atoms with E-state index in [9.17, 15) is 4.79 Å². The second-order valence-electron chi connectivity index (χ2n) is 3.09. The molecule has 0 aliphatic carbocycles. The van der Waals surface area contributed by atoms with E-state index in [2.05, 4.69) is 15.5 Å². The number of amides is 1. The van der Waals surface area contributed by atoms with Gasteiger partial charge in [-0.1, -0.05) is 11.6 Å². The van der Waals surface area contributed by atoms with E-state index in [-0.39, 0.29) is 16.7 Å². The van der Waals surface area contributed by atoms with Crippen LogP contribution in [0.1, 0.15) is 10.5 Å². The predicted octanol–water partition coefficient (Wildman–Crippen LogP) is 2.02. The van der Waals surface area contributed by atoms with Gasteiger partial charge in [-0.2, -0.15) is 5.10 Å². The van der Waals surface area contributed by atoms with Crippen molar-refractivity contribution in [3.63, 3.8) is 0 Å². The van der Waals surface area contributed by atoms with Crippen molar-refractivity contribution in [3.8, 4) is 5.75 Å². The molecule has 6 heteroatoms. The fourth-order valence-electron chi connectivity index (χ4n) is 1.18. The maximum Gasteiger partial charge on any atom is 0.273 e. The Morgan fingerprint density at radius 2 is 2.25 bits per heavy atom. The number of phenols is 1. The third-order valence-electron chi connectivity index (χ3n) is 1.95. The topological polar surface area (TPSA) is 78.0 Å². The van der Waals surface area contributed by atoms with E-state index in [0.717, 1.165) is 0 Å². The number of carbonyl (C=O) groups is 1. The van der Waals surface area contributed by atoms with Gasteiger partial charge in [0.05, 0.1) is 10.7 Å². The zero-order chi connectivity index (χ0) is 11.5. The molecule has 16 heavy (non-hydrogen) atoms. The summed E-state index contributed by atoms with van der Waals surface area (Å²) in [5.41, 5.74) is 0.767. The average Bonchev–Trinajstić information content (AvgIpc) is 2.75. The van der Waals surface area contributed by atoms with Crippen LogP contribution in [0, 0.1) is 0 Å². The fourth-order valence-corrected chi connectivity index (χ4v) is 1.40. The molecule has 0 spiro atoms. The second kappa shape index (κ2) is 4.24. The van der Waals surface area contributed by atoms with Crippen LogP contribution >= 0.6 is 11.6 Å². The van der Waals surface area contributed by atoms with Crippen LogP contribution in [0.3, 0.4) is 0 Å². The number of nitrogens with zero attached hydrogens (tertiary/aromatic N) is 1. The number of aromatic hydroxyl groups is 1. The molecular weight excluding hydrogens is 230 g/mol. The number of phenolic OH excluding ortho intramolecular Hbond substituents is 1. The Morgan fingerprint density at radius 1 is 1.44 bits per heavy atom. The molecule has 1 heterocycles. The highest BCUT2D eigenvalue weighted by Gasteiger charge is 2.09. The summed E-state index contributed by atoms with van der Waals surface area (Å²) in [6.45, 7) is 0. The first-order valence-electron chi connectivity index (χ1n) is 4.46. The SMILES string of the molecule is O=C(Nc1ccc(O)cc1Cl)c1ccn[nH]1. The predicted molar refractivity (Wildman–Crippen MR) is 59.7 cm³/mol. The van der Waals surface area contributed by atoms with Gasteiger partial charge in [-0.25, -0.2) is 0 Å². The summed E-state index contributed by atoms with van der Waals surface area (Å²) < 4.78 is 0. The molecule has 3 N–H and O–H groups in total. The molecule has 1 aromatic carbocycles. The monoisotopic (exact) mass is 237 g/mol. The molecule has 0 fully saturated rings. The van der Waals surface area contributed by atoms with Gasteiger partial charge in [0.1, 0.15) is 11.4 Å². The summed E-state index contributed by atoms with van der Waals surface area (Å²) in [5, 5.41) is 18.2. The van der Waals surface area contributed by atoms with E-state index in [1.807, 2.05) is 0 Å². The van der Waals surface area contributed by atoms with Crippen LogP contribution in [0.15, 0.2) is 30.5 Å². The van der Waals surface area contributed by atoms with Crippen molar-refractivity contribution in [1.29, 1.82) is 0 Å². The Kier molecular flexibility index (Phi) is 2.78. The van der Waals surface area contributed by atoms with Crippen molar-refractivity contribution in [3.05, 3.63) is 41.2 Å². The van der Waals surface area contributed by atoms with E-state index in [4.69, 9.17) is 16.7 Å². The molecule has 0 unspecified atom stereocenters. The summed E-state index contributed by atoms with van der Waals surface area (Å²) in [4.78, 5) is 11.6. The van der Waals surface area contributed by atoms with Gasteiger partial charge in [0.15, 0.2) is 0 Å². The first kappa shape index (κ1) is 10.5. The quantitative estimate of drug-likeness (QED) is 0.700. The number of benzene rings is 1. The Hall–Kier alpha value is -2.01. The lowest BCUT2D eigenvalue weighted by Gasteiger charge is -2.05. The summed E-state index contributed by atoms with van der Waals surface area (Å²) in [5.74, 6) is -0.297.